The molecule has 1 amide bonds. The van der Waals surface area contributed by atoms with Crippen LogP contribution in [0.3, 0.4) is 0 Å². The van der Waals surface area contributed by atoms with Crippen LogP contribution in [-0.4, -0.2) is 41.9 Å². The van der Waals surface area contributed by atoms with E-state index in [9.17, 15) is 4.79 Å². The second-order valence-electron chi connectivity index (χ2n) is 3.95. The van der Waals surface area contributed by atoms with Gasteiger partial charge in [-0.25, -0.2) is 0 Å². The highest BCUT2D eigenvalue weighted by atomic mass is 32.1. The van der Waals surface area contributed by atoms with E-state index in [4.69, 9.17) is 0 Å². The van der Waals surface area contributed by atoms with Crippen molar-refractivity contribution in [1.82, 2.24) is 9.80 Å². The molecule has 0 bridgehead atoms. The molecule has 0 N–H and O–H groups in total. The number of piperazine rings is 1. The zero-order valence-corrected chi connectivity index (χ0v) is 11.4. The summed E-state index contributed by atoms with van der Waals surface area (Å²) in [6, 6.07) is 0. The number of rotatable bonds is 3. The van der Waals surface area contributed by atoms with E-state index in [0.29, 0.717) is 0 Å². The van der Waals surface area contributed by atoms with Crippen LogP contribution in [0.2, 0.25) is 0 Å². The largest absolute Gasteiger partial charge is 0.367 e. The van der Waals surface area contributed by atoms with Crippen molar-refractivity contribution in [2.75, 3.05) is 26.2 Å². The summed E-state index contributed by atoms with van der Waals surface area (Å²) in [6.45, 7) is 10.5. The number of carbonyl (C=O) groups is 1. The fourth-order valence-corrected chi connectivity index (χ4v) is 2.09. The number of nitrogens with zero attached hydrogens (tertiary/aromatic N) is 2. The van der Waals surface area contributed by atoms with Gasteiger partial charge in [-0.3, -0.25) is 4.79 Å². The van der Waals surface area contributed by atoms with Crippen molar-refractivity contribution in [3.05, 3.63) is 35.4 Å². The molecule has 1 heterocycles. The van der Waals surface area contributed by atoms with Gasteiger partial charge in [0, 0.05) is 43.7 Å². The highest BCUT2D eigenvalue weighted by Crippen LogP contribution is 2.20. The second kappa shape index (κ2) is 6.55. The van der Waals surface area contributed by atoms with Gasteiger partial charge in [-0.05, 0) is 13.0 Å². The molecule has 0 aromatic heterocycles. The summed E-state index contributed by atoms with van der Waals surface area (Å²) in [5.74, 6) is 0.149. The van der Waals surface area contributed by atoms with Crippen molar-refractivity contribution < 1.29 is 4.79 Å². The van der Waals surface area contributed by atoms with E-state index < -0.39 is 0 Å². The molecule has 17 heavy (non-hydrogen) atoms. The topological polar surface area (TPSA) is 23.6 Å². The normalized spacial score (nSPS) is 18.3. The van der Waals surface area contributed by atoms with Gasteiger partial charge in [0.1, 0.15) is 0 Å². The first-order chi connectivity index (χ1) is 8.10. The average molecular weight is 252 g/mol. The maximum Gasteiger partial charge on any atom is 0.219 e. The fourth-order valence-electron chi connectivity index (χ4n) is 1.87. The average Bonchev–Trinajstić information content (AvgIpc) is 2.35. The van der Waals surface area contributed by atoms with Gasteiger partial charge in [0.15, 0.2) is 0 Å². The Labute approximate surface area is 109 Å². The summed E-state index contributed by atoms with van der Waals surface area (Å²) in [6.07, 6.45) is 5.70. The highest BCUT2D eigenvalue weighted by molar-refractivity contribution is 7.84. The van der Waals surface area contributed by atoms with Gasteiger partial charge < -0.3 is 9.80 Å². The lowest BCUT2D eigenvalue weighted by atomic mass is 10.2. The summed E-state index contributed by atoms with van der Waals surface area (Å²) >= 11 is 4.46. The Kier molecular flexibility index (Phi) is 5.35. The van der Waals surface area contributed by atoms with Gasteiger partial charge in [0.25, 0.3) is 0 Å². The summed E-state index contributed by atoms with van der Waals surface area (Å²) < 4.78 is 0. The monoisotopic (exact) mass is 252 g/mol. The predicted molar refractivity (Wildman–Crippen MR) is 74.9 cm³/mol. The Morgan fingerprint density at radius 1 is 1.24 bits per heavy atom. The van der Waals surface area contributed by atoms with Gasteiger partial charge in [-0.1, -0.05) is 18.7 Å². The maximum atomic E-state index is 11.2. The molecule has 1 aliphatic rings. The number of amides is 1. The molecule has 0 aromatic rings. The second-order valence-corrected chi connectivity index (χ2v) is 4.44. The number of thiol groups is 1. The molecule has 0 saturated carbocycles. The highest BCUT2D eigenvalue weighted by Gasteiger charge is 2.20. The standard InChI is InChI=1S/C13H20N2OS/c1-4-6-12(13(17)5-2)15-9-7-14(8-10-15)11(3)16/h4-6,17H,1,7-10H2,2-3H3/b12-6+,13-5+. The van der Waals surface area contributed by atoms with E-state index in [2.05, 4.69) is 24.1 Å². The number of allylic oxidation sites excluding steroid dienone is 3. The fraction of sp³-hybridized carbons (Fsp3) is 0.462. The predicted octanol–water partition coefficient (Wildman–Crippen LogP) is 2.05. The minimum atomic E-state index is 0.149. The molecule has 0 aromatic carbocycles. The van der Waals surface area contributed by atoms with E-state index in [1.165, 1.54) is 0 Å². The SMILES string of the molecule is C=C/C=C(\C(S)=C/C)N1CCN(C(C)=O)CC1. The van der Waals surface area contributed by atoms with Gasteiger partial charge in [-0.2, -0.15) is 0 Å². The molecule has 1 saturated heterocycles. The zero-order chi connectivity index (χ0) is 12.8. The third-order valence-corrected chi connectivity index (χ3v) is 3.36. The molecular formula is C13H20N2OS. The molecule has 0 unspecified atom stereocenters. The van der Waals surface area contributed by atoms with Crippen LogP contribution in [0.4, 0.5) is 0 Å². The van der Waals surface area contributed by atoms with Gasteiger partial charge >= 0.3 is 0 Å². The molecule has 0 atom stereocenters. The molecule has 0 spiro atoms. The van der Waals surface area contributed by atoms with Crippen molar-refractivity contribution in [2.24, 2.45) is 0 Å². The zero-order valence-electron chi connectivity index (χ0n) is 10.5. The van der Waals surface area contributed by atoms with E-state index in [0.717, 1.165) is 36.8 Å². The Morgan fingerprint density at radius 3 is 2.18 bits per heavy atom. The summed E-state index contributed by atoms with van der Waals surface area (Å²) in [7, 11) is 0. The number of hydrogen-bond acceptors (Lipinski definition) is 3. The van der Waals surface area contributed by atoms with Crippen molar-refractivity contribution in [3.63, 3.8) is 0 Å². The molecule has 1 rings (SSSR count). The van der Waals surface area contributed by atoms with E-state index >= 15 is 0 Å². The van der Waals surface area contributed by atoms with Crippen LogP contribution in [0.15, 0.2) is 35.4 Å². The van der Waals surface area contributed by atoms with Crippen LogP contribution in [0.5, 0.6) is 0 Å². The summed E-state index contributed by atoms with van der Waals surface area (Å²) in [5, 5.41) is 0. The van der Waals surface area contributed by atoms with Crippen molar-refractivity contribution >= 4 is 18.5 Å². The van der Waals surface area contributed by atoms with Crippen LogP contribution >= 0.6 is 12.6 Å². The van der Waals surface area contributed by atoms with Crippen molar-refractivity contribution in [2.45, 2.75) is 13.8 Å². The first-order valence-electron chi connectivity index (χ1n) is 5.79. The van der Waals surface area contributed by atoms with E-state index in [1.54, 1.807) is 13.0 Å². The molecule has 1 aliphatic heterocycles. The lowest BCUT2D eigenvalue weighted by molar-refractivity contribution is -0.130. The molecule has 1 fully saturated rings. The Bertz CT molecular complexity index is 352. The summed E-state index contributed by atoms with van der Waals surface area (Å²) in [4.78, 5) is 16.3. The van der Waals surface area contributed by atoms with Gasteiger partial charge in [0.2, 0.25) is 5.91 Å². The first kappa shape index (κ1) is 13.9. The minimum absolute atomic E-state index is 0.149. The lowest BCUT2D eigenvalue weighted by Crippen LogP contribution is -2.47. The third-order valence-electron chi connectivity index (χ3n) is 2.88. The maximum absolute atomic E-state index is 11.2. The molecule has 0 radical (unpaired) electrons. The smallest absolute Gasteiger partial charge is 0.219 e. The third kappa shape index (κ3) is 3.66. The van der Waals surface area contributed by atoms with Gasteiger partial charge in [-0.15, -0.1) is 12.6 Å². The first-order valence-corrected chi connectivity index (χ1v) is 6.23. The number of hydrogen-bond donors (Lipinski definition) is 1. The van der Waals surface area contributed by atoms with Crippen LogP contribution in [-0.2, 0) is 4.79 Å². The quantitative estimate of drug-likeness (QED) is 0.614. The van der Waals surface area contributed by atoms with Crippen LogP contribution in [0.1, 0.15) is 13.8 Å². The van der Waals surface area contributed by atoms with Crippen molar-refractivity contribution in [1.29, 1.82) is 0 Å². The Morgan fingerprint density at radius 2 is 1.76 bits per heavy atom. The molecule has 3 nitrogen and oxygen atoms in total. The molecule has 4 heteroatoms. The van der Waals surface area contributed by atoms with Crippen LogP contribution in [0.25, 0.3) is 0 Å². The number of carbonyl (C=O) groups excluding carboxylic acids is 1. The molecule has 0 aliphatic carbocycles. The molecule has 94 valence electrons. The Hall–Kier alpha value is -1.16. The minimum Gasteiger partial charge on any atom is -0.367 e. The Balaban J connectivity index is 2.71. The van der Waals surface area contributed by atoms with Gasteiger partial charge in [0.05, 0.1) is 0 Å². The van der Waals surface area contributed by atoms with Crippen LogP contribution < -0.4 is 0 Å². The van der Waals surface area contributed by atoms with Crippen LogP contribution in [0, 0.1) is 0 Å². The summed E-state index contributed by atoms with van der Waals surface area (Å²) in [5.41, 5.74) is 1.08. The van der Waals surface area contributed by atoms with E-state index in [1.807, 2.05) is 24.0 Å². The lowest BCUT2D eigenvalue weighted by Gasteiger charge is -2.37. The molecular weight excluding hydrogens is 232 g/mol. The van der Waals surface area contributed by atoms with E-state index in [-0.39, 0.29) is 5.91 Å². The van der Waals surface area contributed by atoms with Crippen molar-refractivity contribution in [3.8, 4) is 0 Å².